The monoisotopic (exact) mass is 282 g/mol. The first-order chi connectivity index (χ1) is 10.2. The van der Waals surface area contributed by atoms with Crippen LogP contribution in [0.2, 0.25) is 0 Å². The number of aryl methyl sites for hydroxylation is 2. The van der Waals surface area contributed by atoms with Crippen LogP contribution in [0.4, 0.5) is 0 Å². The van der Waals surface area contributed by atoms with Gasteiger partial charge in [0.05, 0.1) is 6.33 Å². The van der Waals surface area contributed by atoms with Crippen molar-refractivity contribution < 1.29 is 0 Å². The lowest BCUT2D eigenvalue weighted by Crippen LogP contribution is -2.21. The second-order valence-electron chi connectivity index (χ2n) is 5.74. The van der Waals surface area contributed by atoms with Gasteiger partial charge in [-0.1, -0.05) is 19.9 Å². The molecule has 0 aliphatic carbocycles. The van der Waals surface area contributed by atoms with Gasteiger partial charge in [0.15, 0.2) is 0 Å². The van der Waals surface area contributed by atoms with E-state index in [4.69, 9.17) is 0 Å². The molecule has 0 amide bonds. The van der Waals surface area contributed by atoms with E-state index in [1.807, 2.05) is 18.7 Å². The second-order valence-corrected chi connectivity index (χ2v) is 5.74. The maximum absolute atomic E-state index is 4.08. The molecule has 0 aliphatic heterocycles. The fraction of sp³-hybridized carbons (Fsp3) is 0.353. The van der Waals surface area contributed by atoms with E-state index in [0.29, 0.717) is 6.04 Å². The Hall–Kier alpha value is -2.07. The molecule has 2 heterocycles. The Labute approximate surface area is 125 Å². The maximum atomic E-state index is 4.08. The highest BCUT2D eigenvalue weighted by molar-refractivity contribution is 5.80. The highest BCUT2D eigenvalue weighted by Crippen LogP contribution is 2.18. The van der Waals surface area contributed by atoms with Crippen LogP contribution in [0.25, 0.3) is 10.9 Å². The first-order valence-electron chi connectivity index (χ1n) is 7.49. The molecule has 2 aromatic heterocycles. The van der Waals surface area contributed by atoms with E-state index in [2.05, 4.69) is 63.7 Å². The van der Waals surface area contributed by atoms with Crippen LogP contribution in [0.1, 0.15) is 19.4 Å². The molecule has 4 heteroatoms. The Morgan fingerprint density at radius 3 is 2.81 bits per heavy atom. The molecule has 0 saturated carbocycles. The predicted octanol–water partition coefficient (Wildman–Crippen LogP) is 3.04. The lowest BCUT2D eigenvalue weighted by Gasteiger charge is -2.09. The van der Waals surface area contributed by atoms with Gasteiger partial charge in [0.25, 0.3) is 0 Å². The summed E-state index contributed by atoms with van der Waals surface area (Å²) in [5.41, 5.74) is 2.63. The summed E-state index contributed by atoms with van der Waals surface area (Å²) >= 11 is 0. The minimum absolute atomic E-state index is 0.514. The van der Waals surface area contributed by atoms with E-state index < -0.39 is 0 Å². The quantitative estimate of drug-likeness (QED) is 0.754. The number of aromatic nitrogens is 3. The van der Waals surface area contributed by atoms with Crippen LogP contribution in [-0.2, 0) is 19.6 Å². The van der Waals surface area contributed by atoms with Crippen molar-refractivity contribution in [2.24, 2.45) is 0 Å². The Kier molecular flexibility index (Phi) is 4.06. The molecule has 21 heavy (non-hydrogen) atoms. The molecule has 1 aromatic carbocycles. The van der Waals surface area contributed by atoms with Crippen LogP contribution in [0.5, 0.6) is 0 Å². The van der Waals surface area contributed by atoms with E-state index in [-0.39, 0.29) is 0 Å². The van der Waals surface area contributed by atoms with E-state index in [1.165, 1.54) is 16.5 Å². The lowest BCUT2D eigenvalue weighted by molar-refractivity contribution is 0.588. The van der Waals surface area contributed by atoms with Crippen molar-refractivity contribution in [1.82, 2.24) is 19.4 Å². The summed E-state index contributed by atoms with van der Waals surface area (Å²) in [5.74, 6) is 0. The highest BCUT2D eigenvalue weighted by atomic mass is 15.1. The van der Waals surface area contributed by atoms with Gasteiger partial charge in [-0.05, 0) is 29.1 Å². The molecule has 110 valence electrons. The predicted molar refractivity (Wildman–Crippen MR) is 86.1 cm³/mol. The van der Waals surface area contributed by atoms with Crippen molar-refractivity contribution >= 4 is 10.9 Å². The summed E-state index contributed by atoms with van der Waals surface area (Å²) in [5, 5.41) is 4.77. The third-order valence-electron chi connectivity index (χ3n) is 3.71. The average Bonchev–Trinajstić information content (AvgIpc) is 3.12. The van der Waals surface area contributed by atoms with Gasteiger partial charge < -0.3 is 14.5 Å². The van der Waals surface area contributed by atoms with Crippen LogP contribution in [-0.4, -0.2) is 20.2 Å². The zero-order valence-electron chi connectivity index (χ0n) is 12.7. The largest absolute Gasteiger partial charge is 0.346 e. The normalized spacial score (nSPS) is 11.6. The van der Waals surface area contributed by atoms with Crippen molar-refractivity contribution in [3.8, 4) is 0 Å². The summed E-state index contributed by atoms with van der Waals surface area (Å²) in [6.07, 6.45) is 7.85. The third-order valence-corrected chi connectivity index (χ3v) is 3.71. The van der Waals surface area contributed by atoms with Crippen molar-refractivity contribution in [2.45, 2.75) is 39.5 Å². The number of hydrogen-bond acceptors (Lipinski definition) is 2. The number of benzene rings is 1. The van der Waals surface area contributed by atoms with Gasteiger partial charge in [-0.25, -0.2) is 4.98 Å². The van der Waals surface area contributed by atoms with E-state index in [1.54, 1.807) is 0 Å². The Morgan fingerprint density at radius 1 is 1.14 bits per heavy atom. The molecule has 0 unspecified atom stereocenters. The van der Waals surface area contributed by atoms with E-state index in [9.17, 15) is 0 Å². The second kappa shape index (κ2) is 6.14. The Morgan fingerprint density at radius 2 is 2.05 bits per heavy atom. The molecule has 0 radical (unpaired) electrons. The molecule has 3 aromatic rings. The van der Waals surface area contributed by atoms with Gasteiger partial charge in [0, 0.05) is 49.8 Å². The average molecular weight is 282 g/mol. The number of hydrogen-bond donors (Lipinski definition) is 1. The van der Waals surface area contributed by atoms with E-state index >= 15 is 0 Å². The minimum atomic E-state index is 0.514. The molecule has 0 bridgehead atoms. The molecular formula is C17H22N4. The molecule has 0 fully saturated rings. The highest BCUT2D eigenvalue weighted by Gasteiger charge is 2.03. The first-order valence-corrected chi connectivity index (χ1v) is 7.49. The molecule has 0 saturated heterocycles. The fourth-order valence-corrected chi connectivity index (χ4v) is 2.52. The SMILES string of the molecule is CC(C)NCc1ccc2c(ccn2CCn2ccnc2)c1. The van der Waals surface area contributed by atoms with Crippen LogP contribution < -0.4 is 5.32 Å². The summed E-state index contributed by atoms with van der Waals surface area (Å²) in [7, 11) is 0. The fourth-order valence-electron chi connectivity index (χ4n) is 2.52. The molecule has 0 aliphatic rings. The van der Waals surface area contributed by atoms with Gasteiger partial charge >= 0.3 is 0 Å². The zero-order chi connectivity index (χ0) is 14.7. The number of nitrogens with zero attached hydrogens (tertiary/aromatic N) is 3. The summed E-state index contributed by atoms with van der Waals surface area (Å²) in [6, 6.07) is 9.42. The Bertz CT molecular complexity index is 695. The summed E-state index contributed by atoms with van der Waals surface area (Å²) in [4.78, 5) is 4.08. The van der Waals surface area contributed by atoms with Gasteiger partial charge in [-0.2, -0.15) is 0 Å². The number of fused-ring (bicyclic) bond motifs is 1. The number of rotatable bonds is 6. The number of imidazole rings is 1. The van der Waals surface area contributed by atoms with E-state index in [0.717, 1.165) is 19.6 Å². The van der Waals surface area contributed by atoms with Crippen molar-refractivity contribution in [2.75, 3.05) is 0 Å². The summed E-state index contributed by atoms with van der Waals surface area (Å²) < 4.78 is 4.40. The molecule has 1 N–H and O–H groups in total. The van der Waals surface area contributed by atoms with Crippen LogP contribution in [0.3, 0.4) is 0 Å². The van der Waals surface area contributed by atoms with Crippen LogP contribution >= 0.6 is 0 Å². The van der Waals surface area contributed by atoms with Crippen LogP contribution in [0, 0.1) is 0 Å². The lowest BCUT2D eigenvalue weighted by atomic mass is 10.1. The van der Waals surface area contributed by atoms with Crippen molar-refractivity contribution in [3.63, 3.8) is 0 Å². The molecule has 4 nitrogen and oxygen atoms in total. The van der Waals surface area contributed by atoms with Crippen molar-refractivity contribution in [1.29, 1.82) is 0 Å². The van der Waals surface area contributed by atoms with Gasteiger partial charge in [0.2, 0.25) is 0 Å². The molecular weight excluding hydrogens is 260 g/mol. The molecule has 0 atom stereocenters. The topological polar surface area (TPSA) is 34.8 Å². The summed E-state index contributed by atoms with van der Waals surface area (Å²) in [6.45, 7) is 7.17. The zero-order valence-corrected chi connectivity index (χ0v) is 12.7. The van der Waals surface area contributed by atoms with Gasteiger partial charge in [-0.15, -0.1) is 0 Å². The molecule has 0 spiro atoms. The third kappa shape index (κ3) is 3.34. The smallest absolute Gasteiger partial charge is 0.0946 e. The molecule has 3 rings (SSSR count). The van der Waals surface area contributed by atoms with Gasteiger partial charge in [-0.3, -0.25) is 0 Å². The number of nitrogens with one attached hydrogen (secondary N) is 1. The Balaban J connectivity index is 1.73. The minimum Gasteiger partial charge on any atom is -0.346 e. The van der Waals surface area contributed by atoms with Crippen molar-refractivity contribution in [3.05, 3.63) is 54.7 Å². The standard InChI is InChI=1S/C17H22N4/c1-14(2)19-12-15-3-4-17-16(11-15)5-7-21(17)10-9-20-8-6-18-13-20/h3-8,11,13-14,19H,9-10,12H2,1-2H3. The van der Waals surface area contributed by atoms with Gasteiger partial charge in [0.1, 0.15) is 0 Å². The first kappa shape index (κ1) is 13.9. The maximum Gasteiger partial charge on any atom is 0.0946 e. The van der Waals surface area contributed by atoms with Crippen LogP contribution in [0.15, 0.2) is 49.2 Å².